The number of pyridine rings is 1. The standard InChI is InChI=1S/C12H5ClF4N/c13-9-2-1-5-18-11(9)8-4-3-7(6-10(8)14)12(15,16)17/h1-5H. The van der Waals surface area contributed by atoms with Gasteiger partial charge < -0.3 is 0 Å². The Morgan fingerprint density at radius 2 is 1.89 bits per heavy atom. The first-order chi connectivity index (χ1) is 8.39. The summed E-state index contributed by atoms with van der Waals surface area (Å²) in [5.41, 5.74) is -1.20. The fourth-order valence-electron chi connectivity index (χ4n) is 1.40. The minimum atomic E-state index is -4.63. The number of nitrogens with zero attached hydrogens (tertiary/aromatic N) is 1. The van der Waals surface area contributed by atoms with E-state index in [2.05, 4.69) is 4.98 Å². The number of alkyl halides is 3. The highest BCUT2D eigenvalue weighted by atomic mass is 35.5. The second kappa shape index (κ2) is 4.57. The van der Waals surface area contributed by atoms with E-state index in [4.69, 9.17) is 11.6 Å². The molecule has 1 radical (unpaired) electrons. The number of rotatable bonds is 1. The summed E-state index contributed by atoms with van der Waals surface area (Å²) >= 11 is 5.80. The Bertz CT molecular complexity index is 581. The van der Waals surface area contributed by atoms with Crippen molar-refractivity contribution in [2.75, 3.05) is 0 Å². The van der Waals surface area contributed by atoms with Gasteiger partial charge in [0.05, 0.1) is 16.3 Å². The van der Waals surface area contributed by atoms with Crippen LogP contribution in [-0.4, -0.2) is 4.98 Å². The summed E-state index contributed by atoms with van der Waals surface area (Å²) < 4.78 is 50.6. The molecule has 6 heteroatoms. The molecule has 1 nitrogen and oxygen atoms in total. The van der Waals surface area contributed by atoms with E-state index in [0.29, 0.717) is 0 Å². The largest absolute Gasteiger partial charge is 0.417 e. The molecule has 93 valence electrons. The Hall–Kier alpha value is -1.62. The van der Waals surface area contributed by atoms with Crippen molar-refractivity contribution < 1.29 is 17.6 Å². The van der Waals surface area contributed by atoms with Crippen LogP contribution in [-0.2, 0) is 6.18 Å². The third kappa shape index (κ3) is 2.46. The normalized spacial score (nSPS) is 11.6. The lowest BCUT2D eigenvalue weighted by atomic mass is 10.1. The summed E-state index contributed by atoms with van der Waals surface area (Å²) in [6.45, 7) is 0. The maximum Gasteiger partial charge on any atom is 0.417 e. The number of hydrogen-bond acceptors (Lipinski definition) is 1. The maximum absolute atomic E-state index is 13.6. The molecule has 0 aliphatic rings. The molecule has 0 N–H and O–H groups in total. The van der Waals surface area contributed by atoms with E-state index >= 15 is 0 Å². The zero-order chi connectivity index (χ0) is 13.3. The topological polar surface area (TPSA) is 12.9 Å². The van der Waals surface area contributed by atoms with Crippen molar-refractivity contribution >= 4 is 11.6 Å². The predicted octanol–water partition coefficient (Wildman–Crippen LogP) is 4.36. The minimum Gasteiger partial charge on any atom is -0.255 e. The lowest BCUT2D eigenvalue weighted by Gasteiger charge is -2.09. The minimum absolute atomic E-state index is 0.0849. The van der Waals surface area contributed by atoms with E-state index in [1.165, 1.54) is 18.3 Å². The molecule has 1 aromatic heterocycles. The summed E-state index contributed by atoms with van der Waals surface area (Å²) in [6.07, 6.45) is -3.26. The lowest BCUT2D eigenvalue weighted by molar-refractivity contribution is -0.138. The highest BCUT2D eigenvalue weighted by molar-refractivity contribution is 6.33. The van der Waals surface area contributed by atoms with Gasteiger partial charge in [0.2, 0.25) is 0 Å². The van der Waals surface area contributed by atoms with Crippen LogP contribution in [0.3, 0.4) is 0 Å². The van der Waals surface area contributed by atoms with Crippen LogP contribution in [0, 0.1) is 11.9 Å². The van der Waals surface area contributed by atoms with Crippen molar-refractivity contribution in [3.05, 3.63) is 52.9 Å². The van der Waals surface area contributed by atoms with Crippen molar-refractivity contribution in [2.24, 2.45) is 0 Å². The quantitative estimate of drug-likeness (QED) is 0.704. The molecule has 18 heavy (non-hydrogen) atoms. The average molecular weight is 275 g/mol. The summed E-state index contributed by atoms with van der Waals surface area (Å²) in [5.74, 6) is -1.13. The van der Waals surface area contributed by atoms with Crippen LogP contribution in [0.15, 0.2) is 30.5 Å². The number of hydrogen-bond donors (Lipinski definition) is 0. The summed E-state index contributed by atoms with van der Waals surface area (Å²) in [4.78, 5) is 3.83. The molecule has 0 atom stereocenters. The summed E-state index contributed by atoms with van der Waals surface area (Å²) in [6, 6.07) is 6.39. The van der Waals surface area contributed by atoms with Crippen LogP contribution < -0.4 is 0 Å². The van der Waals surface area contributed by atoms with E-state index in [-0.39, 0.29) is 16.3 Å². The predicted molar refractivity (Wildman–Crippen MR) is 58.5 cm³/mol. The highest BCUT2D eigenvalue weighted by Crippen LogP contribution is 2.33. The second-order valence-corrected chi connectivity index (χ2v) is 3.84. The molecule has 0 saturated heterocycles. The third-order valence-corrected chi connectivity index (χ3v) is 2.52. The van der Waals surface area contributed by atoms with Gasteiger partial charge in [-0.1, -0.05) is 11.6 Å². The molecule has 2 rings (SSSR count). The van der Waals surface area contributed by atoms with Crippen LogP contribution in [0.1, 0.15) is 5.56 Å². The Morgan fingerprint density at radius 1 is 1.17 bits per heavy atom. The van der Waals surface area contributed by atoms with Crippen LogP contribution in [0.25, 0.3) is 11.3 Å². The van der Waals surface area contributed by atoms with Crippen molar-refractivity contribution in [1.82, 2.24) is 4.98 Å². The van der Waals surface area contributed by atoms with Crippen LogP contribution in [0.2, 0.25) is 5.02 Å². The first-order valence-corrected chi connectivity index (χ1v) is 5.17. The molecule has 0 unspecified atom stereocenters. The average Bonchev–Trinajstić information content (AvgIpc) is 2.29. The number of aromatic nitrogens is 1. The van der Waals surface area contributed by atoms with Gasteiger partial charge in [-0.25, -0.2) is 4.39 Å². The molecule has 0 aliphatic carbocycles. The molecule has 0 bridgehead atoms. The van der Waals surface area contributed by atoms with Gasteiger partial charge in [0.1, 0.15) is 5.82 Å². The monoisotopic (exact) mass is 274 g/mol. The molecular formula is C12H5ClF4N. The van der Waals surface area contributed by atoms with Gasteiger partial charge in [0.25, 0.3) is 0 Å². The second-order valence-electron chi connectivity index (χ2n) is 3.43. The SMILES string of the molecule is Fc1[c]c(C(F)(F)F)ccc1-c1ncccc1Cl. The fourth-order valence-corrected chi connectivity index (χ4v) is 1.62. The zero-order valence-corrected chi connectivity index (χ0v) is 9.48. The van der Waals surface area contributed by atoms with Crippen molar-refractivity contribution in [1.29, 1.82) is 0 Å². The molecular weight excluding hydrogens is 270 g/mol. The molecule has 1 heterocycles. The summed E-state index contributed by atoms with van der Waals surface area (Å²) in [5, 5.41) is 0.157. The van der Waals surface area contributed by atoms with Gasteiger partial charge in [-0.3, -0.25) is 4.98 Å². The van der Waals surface area contributed by atoms with Crippen molar-refractivity contribution in [2.45, 2.75) is 6.18 Å². The van der Waals surface area contributed by atoms with Gasteiger partial charge in [-0.2, -0.15) is 13.2 Å². The first kappa shape index (κ1) is 12.8. The van der Waals surface area contributed by atoms with E-state index in [1.54, 1.807) is 6.07 Å². The van der Waals surface area contributed by atoms with Crippen LogP contribution in [0.5, 0.6) is 0 Å². The highest BCUT2D eigenvalue weighted by Gasteiger charge is 2.31. The van der Waals surface area contributed by atoms with E-state index < -0.39 is 17.6 Å². The van der Waals surface area contributed by atoms with Gasteiger partial charge in [0.15, 0.2) is 0 Å². The van der Waals surface area contributed by atoms with E-state index in [1.807, 2.05) is 0 Å². The maximum atomic E-state index is 13.6. The first-order valence-electron chi connectivity index (χ1n) is 4.79. The van der Waals surface area contributed by atoms with E-state index in [0.717, 1.165) is 12.1 Å². The van der Waals surface area contributed by atoms with Gasteiger partial charge in [0, 0.05) is 17.8 Å². The molecule has 1 aromatic carbocycles. The number of halogens is 5. The van der Waals surface area contributed by atoms with Gasteiger partial charge in [-0.05, 0) is 24.3 Å². The molecule has 0 saturated carbocycles. The lowest BCUT2D eigenvalue weighted by Crippen LogP contribution is -2.06. The Labute approximate surface area is 105 Å². The van der Waals surface area contributed by atoms with Crippen molar-refractivity contribution in [3.63, 3.8) is 0 Å². The molecule has 0 fully saturated rings. The molecule has 0 spiro atoms. The third-order valence-electron chi connectivity index (χ3n) is 2.22. The molecule has 0 aliphatic heterocycles. The smallest absolute Gasteiger partial charge is 0.255 e. The Balaban J connectivity index is 2.52. The summed E-state index contributed by atoms with van der Waals surface area (Å²) in [7, 11) is 0. The Morgan fingerprint density at radius 3 is 2.44 bits per heavy atom. The van der Waals surface area contributed by atoms with Gasteiger partial charge >= 0.3 is 6.18 Å². The Kier molecular flexibility index (Phi) is 3.26. The van der Waals surface area contributed by atoms with Crippen molar-refractivity contribution in [3.8, 4) is 11.3 Å². The van der Waals surface area contributed by atoms with E-state index in [9.17, 15) is 17.6 Å². The molecule has 0 amide bonds. The van der Waals surface area contributed by atoms with Gasteiger partial charge in [-0.15, -0.1) is 0 Å². The zero-order valence-electron chi connectivity index (χ0n) is 8.72. The number of benzene rings is 1. The fraction of sp³-hybridized carbons (Fsp3) is 0.0833. The molecule has 2 aromatic rings. The van der Waals surface area contributed by atoms with Crippen LogP contribution in [0.4, 0.5) is 17.6 Å². The van der Waals surface area contributed by atoms with Crippen LogP contribution >= 0.6 is 11.6 Å².